The van der Waals surface area contributed by atoms with E-state index in [1.807, 2.05) is 6.07 Å². The molecule has 0 aliphatic heterocycles. The van der Waals surface area contributed by atoms with Crippen LogP contribution in [0.1, 0.15) is 52.2 Å². The molecule has 0 spiro atoms. The second-order valence-electron chi connectivity index (χ2n) is 7.71. The third-order valence-corrected chi connectivity index (χ3v) is 9.76. The summed E-state index contributed by atoms with van der Waals surface area (Å²) in [6, 6.07) is 5.14. The second kappa shape index (κ2) is 9.14. The highest BCUT2D eigenvalue weighted by atomic mass is 79.9. The van der Waals surface area contributed by atoms with Crippen LogP contribution in [0.25, 0.3) is 0 Å². The highest BCUT2D eigenvalue weighted by Crippen LogP contribution is 2.41. The zero-order valence-corrected chi connectivity index (χ0v) is 18.7. The van der Waals surface area contributed by atoms with Crippen molar-refractivity contribution >= 4 is 29.9 Å². The molecule has 0 unspecified atom stereocenters. The van der Waals surface area contributed by atoms with Crippen molar-refractivity contribution in [3.05, 3.63) is 33.9 Å². The summed E-state index contributed by atoms with van der Waals surface area (Å²) in [5, 5.41) is 12.1. The number of nitro benzene ring substituents is 1. The Labute approximate surface area is 160 Å². The first-order chi connectivity index (χ1) is 11.5. The Balaban J connectivity index is 3.10. The maximum absolute atomic E-state index is 11.4. The lowest BCUT2D eigenvalue weighted by atomic mass is 10.1. The summed E-state index contributed by atoms with van der Waals surface area (Å²) in [6.07, 6.45) is 1.64. The summed E-state index contributed by atoms with van der Waals surface area (Å²) in [7, 11) is -1.99. The SMILES string of the molecule is CCCCOc1ccc([C@H](CBr)O[Si](C)(C)C(C)(C)C)cc1[N+](=O)[O-]. The van der Waals surface area contributed by atoms with Gasteiger partial charge in [0, 0.05) is 11.4 Å². The Hall–Kier alpha value is -0.923. The van der Waals surface area contributed by atoms with E-state index in [2.05, 4.69) is 56.7 Å². The first kappa shape index (κ1) is 22.1. The molecule has 0 saturated heterocycles. The molecule has 7 heteroatoms. The van der Waals surface area contributed by atoms with E-state index in [1.54, 1.807) is 12.1 Å². The standard InChI is InChI=1S/C18H30BrNO4Si/c1-7-8-11-23-16-10-9-14(12-15(16)20(21)22)17(13-19)24-25(5,6)18(2,3)4/h9-10,12,17H,7-8,11,13H2,1-6H3/t17-/m0/s1. The van der Waals surface area contributed by atoms with Gasteiger partial charge in [0.1, 0.15) is 0 Å². The number of rotatable bonds is 9. The van der Waals surface area contributed by atoms with Crippen LogP contribution in [0.4, 0.5) is 5.69 Å². The Morgan fingerprint density at radius 3 is 2.44 bits per heavy atom. The summed E-state index contributed by atoms with van der Waals surface area (Å²) in [5.41, 5.74) is 0.801. The summed E-state index contributed by atoms with van der Waals surface area (Å²) < 4.78 is 12.0. The van der Waals surface area contributed by atoms with Gasteiger partial charge in [-0.3, -0.25) is 10.1 Å². The Morgan fingerprint density at radius 2 is 1.96 bits per heavy atom. The zero-order chi connectivity index (χ0) is 19.3. The highest BCUT2D eigenvalue weighted by Gasteiger charge is 2.39. The molecule has 5 nitrogen and oxygen atoms in total. The number of hydrogen-bond donors (Lipinski definition) is 0. The molecule has 0 heterocycles. The second-order valence-corrected chi connectivity index (χ2v) is 13.1. The molecule has 142 valence electrons. The Kier molecular flexibility index (Phi) is 8.09. The molecule has 0 fully saturated rings. The van der Waals surface area contributed by atoms with Crippen molar-refractivity contribution < 1.29 is 14.1 Å². The average molecular weight is 432 g/mol. The topological polar surface area (TPSA) is 61.6 Å². The van der Waals surface area contributed by atoms with Crippen LogP contribution in [-0.4, -0.2) is 25.2 Å². The summed E-state index contributed by atoms with van der Waals surface area (Å²) in [5.74, 6) is 0.322. The molecule has 0 aliphatic rings. The molecular weight excluding hydrogens is 402 g/mol. The van der Waals surface area contributed by atoms with Crippen molar-refractivity contribution in [1.82, 2.24) is 0 Å². The Morgan fingerprint density at radius 1 is 1.32 bits per heavy atom. The van der Waals surface area contributed by atoms with E-state index in [-0.39, 0.29) is 21.8 Å². The van der Waals surface area contributed by atoms with E-state index < -0.39 is 8.32 Å². The van der Waals surface area contributed by atoms with Crippen LogP contribution in [0.5, 0.6) is 5.75 Å². The van der Waals surface area contributed by atoms with Gasteiger partial charge in [0.25, 0.3) is 0 Å². The molecule has 0 saturated carbocycles. The van der Waals surface area contributed by atoms with E-state index >= 15 is 0 Å². The van der Waals surface area contributed by atoms with Gasteiger partial charge in [-0.05, 0) is 36.2 Å². The summed E-state index contributed by atoms with van der Waals surface area (Å²) in [6.45, 7) is 13.4. The summed E-state index contributed by atoms with van der Waals surface area (Å²) >= 11 is 3.50. The van der Waals surface area contributed by atoms with Gasteiger partial charge in [0.05, 0.1) is 17.6 Å². The van der Waals surface area contributed by atoms with E-state index in [4.69, 9.17) is 9.16 Å². The number of benzene rings is 1. The van der Waals surface area contributed by atoms with Crippen molar-refractivity contribution in [3.8, 4) is 5.75 Å². The van der Waals surface area contributed by atoms with Crippen LogP contribution < -0.4 is 4.74 Å². The number of halogens is 1. The zero-order valence-electron chi connectivity index (χ0n) is 16.1. The molecule has 0 aliphatic carbocycles. The molecule has 0 aromatic heterocycles. The van der Waals surface area contributed by atoms with Crippen LogP contribution in [0.2, 0.25) is 18.1 Å². The molecule has 1 aromatic rings. The fourth-order valence-corrected chi connectivity index (χ4v) is 4.08. The number of alkyl halides is 1. The van der Waals surface area contributed by atoms with Gasteiger partial charge in [-0.15, -0.1) is 0 Å². The molecule has 0 radical (unpaired) electrons. The minimum absolute atomic E-state index is 0.00150. The van der Waals surface area contributed by atoms with Crippen LogP contribution in [-0.2, 0) is 4.43 Å². The maximum atomic E-state index is 11.4. The van der Waals surface area contributed by atoms with Crippen molar-refractivity contribution in [2.45, 2.75) is 64.8 Å². The van der Waals surface area contributed by atoms with Crippen molar-refractivity contribution in [1.29, 1.82) is 0 Å². The summed E-state index contributed by atoms with van der Waals surface area (Å²) in [4.78, 5) is 11.1. The van der Waals surface area contributed by atoms with Gasteiger partial charge in [0.15, 0.2) is 14.1 Å². The number of nitro groups is 1. The molecule has 0 amide bonds. The van der Waals surface area contributed by atoms with Crippen LogP contribution in [0.15, 0.2) is 18.2 Å². The van der Waals surface area contributed by atoms with Gasteiger partial charge >= 0.3 is 5.69 Å². The minimum Gasteiger partial charge on any atom is -0.487 e. The van der Waals surface area contributed by atoms with Crippen molar-refractivity contribution in [2.75, 3.05) is 11.9 Å². The van der Waals surface area contributed by atoms with Gasteiger partial charge in [-0.2, -0.15) is 0 Å². The van der Waals surface area contributed by atoms with E-state index in [9.17, 15) is 10.1 Å². The van der Waals surface area contributed by atoms with E-state index in [0.717, 1.165) is 18.4 Å². The molecular formula is C18H30BrNO4Si. The number of ether oxygens (including phenoxy) is 1. The van der Waals surface area contributed by atoms with Crippen molar-refractivity contribution in [3.63, 3.8) is 0 Å². The first-order valence-electron chi connectivity index (χ1n) is 8.68. The van der Waals surface area contributed by atoms with Crippen LogP contribution >= 0.6 is 15.9 Å². The average Bonchev–Trinajstić information content (AvgIpc) is 2.52. The van der Waals surface area contributed by atoms with Crippen LogP contribution in [0.3, 0.4) is 0 Å². The molecule has 1 atom stereocenters. The lowest BCUT2D eigenvalue weighted by molar-refractivity contribution is -0.386. The smallest absolute Gasteiger partial charge is 0.311 e. The van der Waals surface area contributed by atoms with Gasteiger partial charge in [0.2, 0.25) is 0 Å². The Bertz CT molecular complexity index is 587. The van der Waals surface area contributed by atoms with E-state index in [1.165, 1.54) is 0 Å². The predicted octanol–water partition coefficient (Wildman–Crippen LogP) is 6.23. The monoisotopic (exact) mass is 431 g/mol. The largest absolute Gasteiger partial charge is 0.487 e. The maximum Gasteiger partial charge on any atom is 0.311 e. The van der Waals surface area contributed by atoms with Crippen LogP contribution in [0, 0.1) is 10.1 Å². The van der Waals surface area contributed by atoms with E-state index in [0.29, 0.717) is 17.7 Å². The molecule has 25 heavy (non-hydrogen) atoms. The lowest BCUT2D eigenvalue weighted by Gasteiger charge is -2.39. The van der Waals surface area contributed by atoms with Crippen molar-refractivity contribution in [2.24, 2.45) is 0 Å². The van der Waals surface area contributed by atoms with Gasteiger partial charge in [-0.25, -0.2) is 0 Å². The fourth-order valence-electron chi connectivity index (χ4n) is 2.05. The number of hydrogen-bond acceptors (Lipinski definition) is 4. The predicted molar refractivity (Wildman–Crippen MR) is 108 cm³/mol. The third kappa shape index (κ3) is 6.08. The third-order valence-electron chi connectivity index (χ3n) is 4.69. The first-order valence-corrected chi connectivity index (χ1v) is 12.7. The molecule has 0 bridgehead atoms. The van der Waals surface area contributed by atoms with Gasteiger partial charge in [-0.1, -0.05) is 56.1 Å². The minimum atomic E-state index is -1.99. The fraction of sp³-hybridized carbons (Fsp3) is 0.667. The molecule has 1 rings (SSSR count). The quantitative estimate of drug-likeness (QED) is 0.153. The van der Waals surface area contributed by atoms with Gasteiger partial charge < -0.3 is 9.16 Å². The lowest BCUT2D eigenvalue weighted by Crippen LogP contribution is -2.42. The number of unbranched alkanes of at least 4 members (excludes halogenated alkanes) is 1. The highest BCUT2D eigenvalue weighted by molar-refractivity contribution is 9.09. The normalized spacial score (nSPS) is 13.6. The molecule has 0 N–H and O–H groups in total. The number of nitrogens with zero attached hydrogens (tertiary/aromatic N) is 1. The molecule has 1 aromatic carbocycles.